The van der Waals surface area contributed by atoms with E-state index in [4.69, 9.17) is 9.26 Å². The Labute approximate surface area is 148 Å². The van der Waals surface area contributed by atoms with Crippen LogP contribution in [0, 0.1) is 19.8 Å². The Morgan fingerprint density at radius 3 is 2.48 bits per heavy atom. The van der Waals surface area contributed by atoms with Crippen molar-refractivity contribution in [1.29, 1.82) is 0 Å². The predicted molar refractivity (Wildman–Crippen MR) is 93.6 cm³/mol. The minimum Gasteiger partial charge on any atom is -0.376 e. The monoisotopic (exact) mass is 364 g/mol. The second-order valence-corrected chi connectivity index (χ2v) is 8.38. The Hall–Kier alpha value is -1.70. The van der Waals surface area contributed by atoms with Gasteiger partial charge in [-0.1, -0.05) is 35.5 Å². The molecule has 0 N–H and O–H groups in total. The van der Waals surface area contributed by atoms with Crippen LogP contribution in [-0.4, -0.2) is 37.6 Å². The van der Waals surface area contributed by atoms with E-state index in [0.29, 0.717) is 43.7 Å². The van der Waals surface area contributed by atoms with Crippen molar-refractivity contribution in [2.75, 3.05) is 19.7 Å². The van der Waals surface area contributed by atoms with E-state index < -0.39 is 10.0 Å². The molecule has 1 saturated heterocycles. The highest BCUT2D eigenvalue weighted by molar-refractivity contribution is 7.89. The Kier molecular flexibility index (Phi) is 5.56. The van der Waals surface area contributed by atoms with Gasteiger partial charge in [0.05, 0.1) is 6.61 Å². The summed E-state index contributed by atoms with van der Waals surface area (Å²) in [6.07, 6.45) is 1.61. The van der Waals surface area contributed by atoms with Crippen LogP contribution in [0.1, 0.15) is 29.9 Å². The summed E-state index contributed by atoms with van der Waals surface area (Å²) < 4.78 is 37.9. The van der Waals surface area contributed by atoms with E-state index in [2.05, 4.69) is 5.16 Å². The average Bonchev–Trinajstić information content (AvgIpc) is 2.95. The molecule has 7 heteroatoms. The van der Waals surface area contributed by atoms with E-state index in [-0.39, 0.29) is 4.90 Å². The van der Waals surface area contributed by atoms with Gasteiger partial charge in [0.25, 0.3) is 0 Å². The van der Waals surface area contributed by atoms with Gasteiger partial charge in [-0.2, -0.15) is 4.31 Å². The van der Waals surface area contributed by atoms with E-state index in [1.165, 1.54) is 4.31 Å². The summed E-state index contributed by atoms with van der Waals surface area (Å²) in [5, 5.41) is 3.76. The van der Waals surface area contributed by atoms with E-state index in [0.717, 1.165) is 18.4 Å². The third-order valence-corrected chi connectivity index (χ3v) is 6.75. The quantitative estimate of drug-likeness (QED) is 0.788. The second kappa shape index (κ2) is 7.68. The standard InChI is InChI=1S/C18H24N2O4S/c1-14-18(15(2)24-19-14)25(21,22)20-10-8-17(9-11-20)13-23-12-16-6-4-3-5-7-16/h3-7,17H,8-13H2,1-2H3. The van der Waals surface area contributed by atoms with Crippen LogP contribution < -0.4 is 0 Å². The molecule has 0 aliphatic carbocycles. The number of nitrogens with zero attached hydrogens (tertiary/aromatic N) is 2. The minimum absolute atomic E-state index is 0.214. The van der Waals surface area contributed by atoms with Crippen molar-refractivity contribution in [2.45, 2.75) is 38.2 Å². The van der Waals surface area contributed by atoms with Crippen molar-refractivity contribution in [1.82, 2.24) is 9.46 Å². The average molecular weight is 364 g/mol. The molecule has 1 fully saturated rings. The second-order valence-electron chi connectivity index (χ2n) is 6.50. The Balaban J connectivity index is 1.52. The van der Waals surface area contributed by atoms with Crippen LogP contribution in [0.2, 0.25) is 0 Å². The van der Waals surface area contributed by atoms with Crippen molar-refractivity contribution >= 4 is 10.0 Å². The van der Waals surface area contributed by atoms with E-state index >= 15 is 0 Å². The number of benzene rings is 1. The number of piperidine rings is 1. The highest BCUT2D eigenvalue weighted by Crippen LogP contribution is 2.27. The number of rotatable bonds is 6. The number of sulfonamides is 1. The molecular weight excluding hydrogens is 340 g/mol. The maximum Gasteiger partial charge on any atom is 0.248 e. The molecule has 1 aromatic carbocycles. The molecule has 25 heavy (non-hydrogen) atoms. The predicted octanol–water partition coefficient (Wildman–Crippen LogP) is 2.91. The normalized spacial score (nSPS) is 17.0. The number of aromatic nitrogens is 1. The van der Waals surface area contributed by atoms with Gasteiger partial charge < -0.3 is 9.26 Å². The first-order chi connectivity index (χ1) is 12.0. The van der Waals surface area contributed by atoms with Crippen molar-refractivity contribution in [3.05, 3.63) is 47.3 Å². The van der Waals surface area contributed by atoms with Crippen LogP contribution in [0.5, 0.6) is 0 Å². The van der Waals surface area contributed by atoms with Gasteiger partial charge in [0.15, 0.2) is 5.76 Å². The summed E-state index contributed by atoms with van der Waals surface area (Å²) in [6.45, 7) is 5.56. The molecule has 0 amide bonds. The highest BCUT2D eigenvalue weighted by atomic mass is 32.2. The molecule has 1 aromatic heterocycles. The maximum atomic E-state index is 12.8. The first-order valence-electron chi connectivity index (χ1n) is 8.53. The van der Waals surface area contributed by atoms with Crippen molar-refractivity contribution in [2.24, 2.45) is 5.92 Å². The third kappa shape index (κ3) is 4.11. The number of hydrogen-bond donors (Lipinski definition) is 0. The number of aryl methyl sites for hydroxylation is 2. The zero-order chi connectivity index (χ0) is 17.9. The first kappa shape index (κ1) is 18.1. The van der Waals surface area contributed by atoms with E-state index in [9.17, 15) is 8.42 Å². The molecule has 136 valence electrons. The van der Waals surface area contributed by atoms with Gasteiger partial charge in [0.1, 0.15) is 10.6 Å². The Morgan fingerprint density at radius 1 is 1.20 bits per heavy atom. The summed E-state index contributed by atoms with van der Waals surface area (Å²) in [5.74, 6) is 0.741. The summed E-state index contributed by atoms with van der Waals surface area (Å²) >= 11 is 0. The fourth-order valence-electron chi connectivity index (χ4n) is 3.21. The molecule has 1 aliphatic rings. The van der Waals surface area contributed by atoms with Crippen LogP contribution >= 0.6 is 0 Å². The molecule has 2 heterocycles. The SMILES string of the molecule is Cc1noc(C)c1S(=O)(=O)N1CCC(COCc2ccccc2)CC1. The highest BCUT2D eigenvalue weighted by Gasteiger charge is 2.33. The fraction of sp³-hybridized carbons (Fsp3) is 0.500. The zero-order valence-corrected chi connectivity index (χ0v) is 15.5. The largest absolute Gasteiger partial charge is 0.376 e. The van der Waals surface area contributed by atoms with Gasteiger partial charge in [-0.05, 0) is 38.2 Å². The van der Waals surface area contributed by atoms with Crippen molar-refractivity contribution < 1.29 is 17.7 Å². The van der Waals surface area contributed by atoms with Gasteiger partial charge in [-0.25, -0.2) is 8.42 Å². The first-order valence-corrected chi connectivity index (χ1v) is 9.97. The van der Waals surface area contributed by atoms with Crippen LogP contribution in [0.15, 0.2) is 39.8 Å². The molecule has 0 atom stereocenters. The number of ether oxygens (including phenoxy) is 1. The smallest absolute Gasteiger partial charge is 0.248 e. The topological polar surface area (TPSA) is 72.6 Å². The summed E-state index contributed by atoms with van der Waals surface area (Å²) in [7, 11) is -3.53. The van der Waals surface area contributed by atoms with Gasteiger partial charge in [0, 0.05) is 19.7 Å². The third-order valence-electron chi connectivity index (χ3n) is 4.60. The van der Waals surface area contributed by atoms with Crippen LogP contribution in [0.3, 0.4) is 0 Å². The molecule has 1 aliphatic heterocycles. The maximum absolute atomic E-state index is 12.8. The lowest BCUT2D eigenvalue weighted by molar-refractivity contribution is 0.0688. The summed E-state index contributed by atoms with van der Waals surface area (Å²) in [6, 6.07) is 10.1. The summed E-state index contributed by atoms with van der Waals surface area (Å²) in [4.78, 5) is 0.214. The fourth-order valence-corrected chi connectivity index (χ4v) is 4.97. The molecule has 6 nitrogen and oxygen atoms in total. The lowest BCUT2D eigenvalue weighted by Gasteiger charge is -2.30. The zero-order valence-electron chi connectivity index (χ0n) is 14.6. The van der Waals surface area contributed by atoms with Crippen LogP contribution in [0.25, 0.3) is 0 Å². The molecule has 3 rings (SSSR count). The van der Waals surface area contributed by atoms with Crippen molar-refractivity contribution in [3.63, 3.8) is 0 Å². The lowest BCUT2D eigenvalue weighted by Crippen LogP contribution is -2.39. The van der Waals surface area contributed by atoms with Gasteiger partial charge >= 0.3 is 0 Å². The van der Waals surface area contributed by atoms with E-state index in [1.807, 2.05) is 30.3 Å². The minimum atomic E-state index is -3.53. The lowest BCUT2D eigenvalue weighted by atomic mass is 9.99. The van der Waals surface area contributed by atoms with Crippen LogP contribution in [-0.2, 0) is 21.4 Å². The molecule has 0 unspecified atom stereocenters. The Morgan fingerprint density at radius 2 is 1.88 bits per heavy atom. The molecule has 0 saturated carbocycles. The molecular formula is C18H24N2O4S. The number of hydrogen-bond acceptors (Lipinski definition) is 5. The van der Waals surface area contributed by atoms with Crippen molar-refractivity contribution in [3.8, 4) is 0 Å². The Bertz CT molecular complexity index is 774. The summed E-state index contributed by atoms with van der Waals surface area (Å²) in [5.41, 5.74) is 1.58. The van der Waals surface area contributed by atoms with Gasteiger partial charge in [0.2, 0.25) is 10.0 Å². The van der Waals surface area contributed by atoms with Crippen LogP contribution in [0.4, 0.5) is 0 Å². The van der Waals surface area contributed by atoms with E-state index in [1.54, 1.807) is 13.8 Å². The van der Waals surface area contributed by atoms with Gasteiger partial charge in [-0.3, -0.25) is 0 Å². The molecule has 0 radical (unpaired) electrons. The van der Waals surface area contributed by atoms with Gasteiger partial charge in [-0.15, -0.1) is 0 Å². The molecule has 0 spiro atoms. The molecule has 0 bridgehead atoms. The molecule has 2 aromatic rings.